The van der Waals surface area contributed by atoms with Gasteiger partial charge in [-0.1, -0.05) is 59.2 Å². The molecule has 1 aliphatic carbocycles. The molecule has 2 rings (SSSR count). The SMILES string of the molecule is O=C(PC1CCCC1)c1c(Cl)c(Cl)cc(Cl)c1Cl.[H-].[Li+]. The van der Waals surface area contributed by atoms with Gasteiger partial charge in [-0.15, -0.1) is 0 Å². The van der Waals surface area contributed by atoms with E-state index in [1.54, 1.807) is 0 Å². The predicted octanol–water partition coefficient (Wildman–Crippen LogP) is 3.18. The molecule has 0 spiro atoms. The van der Waals surface area contributed by atoms with E-state index in [4.69, 9.17) is 46.4 Å². The quantitative estimate of drug-likeness (QED) is 0.464. The summed E-state index contributed by atoms with van der Waals surface area (Å²) in [5.74, 6) is 0. The Labute approximate surface area is 148 Å². The molecule has 1 atom stereocenters. The summed E-state index contributed by atoms with van der Waals surface area (Å²) in [7, 11) is 0.197. The fraction of sp³-hybridized carbons (Fsp3) is 0.417. The summed E-state index contributed by atoms with van der Waals surface area (Å²) >= 11 is 24.0. The third kappa shape index (κ3) is 4.27. The zero-order valence-electron chi connectivity index (χ0n) is 11.4. The number of rotatable bonds is 3. The molecule has 1 unspecified atom stereocenters. The first kappa shape index (κ1) is 18.1. The first-order valence-corrected chi connectivity index (χ1v) is 8.23. The molecule has 0 aliphatic heterocycles. The number of hydrogen-bond donors (Lipinski definition) is 0. The van der Waals surface area contributed by atoms with E-state index in [-0.39, 0.29) is 60.0 Å². The van der Waals surface area contributed by atoms with E-state index < -0.39 is 0 Å². The topological polar surface area (TPSA) is 17.1 Å². The van der Waals surface area contributed by atoms with Crippen LogP contribution in [-0.2, 0) is 0 Å². The van der Waals surface area contributed by atoms with Gasteiger partial charge in [0.1, 0.15) is 0 Å². The summed E-state index contributed by atoms with van der Waals surface area (Å²) < 4.78 is 0. The van der Waals surface area contributed by atoms with Gasteiger partial charge in [0.05, 0.1) is 25.7 Å². The van der Waals surface area contributed by atoms with E-state index in [1.165, 1.54) is 18.9 Å². The summed E-state index contributed by atoms with van der Waals surface area (Å²) in [4.78, 5) is 12.3. The molecule has 100 valence electrons. The van der Waals surface area contributed by atoms with Crippen molar-refractivity contribution in [2.24, 2.45) is 0 Å². The van der Waals surface area contributed by atoms with E-state index in [1.807, 2.05) is 0 Å². The van der Waals surface area contributed by atoms with Crippen LogP contribution < -0.4 is 18.9 Å². The van der Waals surface area contributed by atoms with E-state index in [2.05, 4.69) is 0 Å². The molecule has 0 N–H and O–H groups in total. The molecule has 1 saturated carbocycles. The van der Waals surface area contributed by atoms with Crippen LogP contribution in [0.1, 0.15) is 37.5 Å². The minimum atomic E-state index is -0.0405. The summed E-state index contributed by atoms with van der Waals surface area (Å²) in [5, 5.41) is 0.958. The second kappa shape index (κ2) is 7.91. The maximum absolute atomic E-state index is 12.3. The minimum Gasteiger partial charge on any atom is -1.00 e. The average Bonchev–Trinajstić information content (AvgIpc) is 2.79. The van der Waals surface area contributed by atoms with Gasteiger partial charge in [-0.25, -0.2) is 0 Å². The standard InChI is InChI=1S/C12H11Cl4OP.Li.H/c13-7-5-8(14)11(16)9(10(7)15)12(17)18-6-3-1-2-4-6;;/h5-6,18H,1-4H2;;/q;+1;-1. The molecule has 1 fully saturated rings. The molecular formula is C12H12Cl4LiOP. The largest absolute Gasteiger partial charge is 1.00 e. The van der Waals surface area contributed by atoms with Gasteiger partial charge in [-0.2, -0.15) is 0 Å². The van der Waals surface area contributed by atoms with Crippen molar-refractivity contribution in [2.75, 3.05) is 0 Å². The third-order valence-corrected chi connectivity index (χ3v) is 6.10. The zero-order chi connectivity index (χ0) is 13.3. The molecule has 7 heteroatoms. The van der Waals surface area contributed by atoms with Crippen molar-refractivity contribution in [1.82, 2.24) is 0 Å². The van der Waals surface area contributed by atoms with Crippen molar-refractivity contribution >= 4 is 60.5 Å². The Morgan fingerprint density at radius 2 is 1.58 bits per heavy atom. The number of halogens is 4. The van der Waals surface area contributed by atoms with Crippen LogP contribution in [0.4, 0.5) is 0 Å². The molecule has 0 bridgehead atoms. The molecule has 19 heavy (non-hydrogen) atoms. The maximum atomic E-state index is 12.3. The Morgan fingerprint density at radius 1 is 1.11 bits per heavy atom. The molecule has 1 aromatic carbocycles. The molecule has 0 aromatic heterocycles. The van der Waals surface area contributed by atoms with E-state index in [0.29, 0.717) is 5.66 Å². The normalized spacial score (nSPS) is 16.0. The molecule has 0 saturated heterocycles. The minimum absolute atomic E-state index is 0. The van der Waals surface area contributed by atoms with Gasteiger partial charge in [-0.05, 0) is 33.1 Å². The fourth-order valence-corrected chi connectivity index (χ4v) is 4.70. The van der Waals surface area contributed by atoms with Gasteiger partial charge in [0.2, 0.25) is 0 Å². The smallest absolute Gasteiger partial charge is 1.00 e. The first-order chi connectivity index (χ1) is 8.50. The second-order valence-corrected chi connectivity index (χ2v) is 7.43. The Hall–Kier alpha value is 1.08. The fourth-order valence-electron chi connectivity index (χ4n) is 2.10. The molecule has 1 nitrogen and oxygen atoms in total. The number of hydrogen-bond acceptors (Lipinski definition) is 1. The van der Waals surface area contributed by atoms with Crippen LogP contribution in [0.15, 0.2) is 6.07 Å². The van der Waals surface area contributed by atoms with Gasteiger partial charge in [0, 0.05) is 0 Å². The van der Waals surface area contributed by atoms with E-state index in [9.17, 15) is 4.79 Å². The molecule has 0 amide bonds. The summed E-state index contributed by atoms with van der Waals surface area (Å²) in [6, 6.07) is 1.46. The molecule has 0 heterocycles. The van der Waals surface area contributed by atoms with Crippen LogP contribution in [0.25, 0.3) is 0 Å². The molecule has 1 aromatic rings. The van der Waals surface area contributed by atoms with E-state index in [0.717, 1.165) is 12.8 Å². The first-order valence-electron chi connectivity index (χ1n) is 5.64. The summed E-state index contributed by atoms with van der Waals surface area (Å²) in [6.45, 7) is 0. The van der Waals surface area contributed by atoms with Crippen molar-refractivity contribution in [1.29, 1.82) is 0 Å². The Kier molecular flexibility index (Phi) is 7.54. The monoisotopic (exact) mass is 350 g/mol. The molecular weight excluding hydrogens is 340 g/mol. The van der Waals surface area contributed by atoms with Crippen molar-refractivity contribution in [2.45, 2.75) is 31.3 Å². The van der Waals surface area contributed by atoms with Crippen molar-refractivity contribution in [3.05, 3.63) is 31.7 Å². The van der Waals surface area contributed by atoms with Crippen LogP contribution in [0.2, 0.25) is 20.1 Å². The summed E-state index contributed by atoms with van der Waals surface area (Å²) in [6.07, 6.45) is 4.60. The van der Waals surface area contributed by atoms with Gasteiger partial charge < -0.3 is 1.43 Å². The van der Waals surface area contributed by atoms with Gasteiger partial charge in [0.25, 0.3) is 0 Å². The van der Waals surface area contributed by atoms with Crippen LogP contribution in [-0.4, -0.2) is 11.2 Å². The predicted molar refractivity (Wildman–Crippen MR) is 82.5 cm³/mol. The number of carbonyl (C=O) groups is 1. The van der Waals surface area contributed by atoms with Gasteiger partial charge >= 0.3 is 18.9 Å². The van der Waals surface area contributed by atoms with E-state index >= 15 is 0 Å². The zero-order valence-corrected chi connectivity index (χ0v) is 14.4. The third-order valence-electron chi connectivity index (χ3n) is 3.03. The Morgan fingerprint density at radius 3 is 2.05 bits per heavy atom. The van der Waals surface area contributed by atoms with Crippen LogP contribution in [0.3, 0.4) is 0 Å². The molecule has 1 aliphatic rings. The molecule has 0 radical (unpaired) electrons. The number of carbonyl (C=O) groups excluding carboxylic acids is 1. The van der Waals surface area contributed by atoms with Crippen LogP contribution in [0.5, 0.6) is 0 Å². The van der Waals surface area contributed by atoms with Crippen LogP contribution >= 0.6 is 55.0 Å². The second-order valence-electron chi connectivity index (χ2n) is 4.30. The number of benzene rings is 1. The van der Waals surface area contributed by atoms with Crippen molar-refractivity contribution in [3.63, 3.8) is 0 Å². The maximum Gasteiger partial charge on any atom is 1.00 e. The average molecular weight is 352 g/mol. The van der Waals surface area contributed by atoms with Crippen LogP contribution in [0, 0.1) is 0 Å². The Balaban J connectivity index is 0.00000180. The summed E-state index contributed by atoms with van der Waals surface area (Å²) in [5.41, 5.74) is 0.699. The van der Waals surface area contributed by atoms with Gasteiger partial charge in [-0.3, -0.25) is 4.79 Å². The van der Waals surface area contributed by atoms with Crippen molar-refractivity contribution in [3.8, 4) is 0 Å². The Bertz CT molecular complexity index is 469. The van der Waals surface area contributed by atoms with Gasteiger partial charge in [0.15, 0.2) is 5.52 Å². The van der Waals surface area contributed by atoms with Crippen molar-refractivity contribution < 1.29 is 25.1 Å².